The fourth-order valence-corrected chi connectivity index (χ4v) is 1.47. The number of nitrogens with two attached hydrogens (primary N) is 1. The van der Waals surface area contributed by atoms with E-state index in [1.807, 2.05) is 12.3 Å². The summed E-state index contributed by atoms with van der Waals surface area (Å²) in [5.74, 6) is 0. The van der Waals surface area contributed by atoms with Gasteiger partial charge in [-0.05, 0) is 35.4 Å². The number of hydrogen-bond donors (Lipinski definition) is 1. The molecular formula is C15H18N2. The second-order valence-electron chi connectivity index (χ2n) is 3.53. The lowest BCUT2D eigenvalue weighted by atomic mass is 10.1. The molecule has 0 unspecified atom stereocenters. The normalized spacial score (nSPS) is 9.00. The Labute approximate surface area is 103 Å². The summed E-state index contributed by atoms with van der Waals surface area (Å²) in [6.45, 7) is 5.30. The molecule has 0 radical (unpaired) electrons. The SMILES string of the molecule is C=CN.CCc1ccc(-c2cccnc2)cc1. The van der Waals surface area contributed by atoms with Crippen molar-refractivity contribution in [1.82, 2.24) is 4.98 Å². The van der Waals surface area contributed by atoms with E-state index in [1.54, 1.807) is 6.20 Å². The quantitative estimate of drug-likeness (QED) is 0.852. The maximum atomic E-state index is 4.61. The molecule has 2 N–H and O–H groups in total. The minimum absolute atomic E-state index is 1.09. The van der Waals surface area contributed by atoms with E-state index < -0.39 is 0 Å². The third kappa shape index (κ3) is 4.11. The Hall–Kier alpha value is -2.09. The number of nitrogens with zero attached hydrogens (tertiary/aromatic N) is 1. The minimum Gasteiger partial charge on any atom is -0.405 e. The van der Waals surface area contributed by atoms with E-state index in [1.165, 1.54) is 22.9 Å². The van der Waals surface area contributed by atoms with Gasteiger partial charge in [0.2, 0.25) is 0 Å². The molecule has 2 aromatic rings. The van der Waals surface area contributed by atoms with E-state index in [4.69, 9.17) is 0 Å². The molecule has 1 aromatic carbocycles. The van der Waals surface area contributed by atoms with Crippen LogP contribution in [0.3, 0.4) is 0 Å². The van der Waals surface area contributed by atoms with Gasteiger partial charge < -0.3 is 5.73 Å². The monoisotopic (exact) mass is 226 g/mol. The molecule has 0 amide bonds. The number of benzene rings is 1. The van der Waals surface area contributed by atoms with Crippen LogP contribution in [0.2, 0.25) is 0 Å². The molecule has 0 fully saturated rings. The summed E-state index contributed by atoms with van der Waals surface area (Å²) in [4.78, 5) is 4.10. The van der Waals surface area contributed by atoms with Crippen LogP contribution in [-0.2, 0) is 6.42 Å². The van der Waals surface area contributed by atoms with E-state index >= 15 is 0 Å². The van der Waals surface area contributed by atoms with Gasteiger partial charge in [-0.1, -0.05) is 43.8 Å². The molecule has 0 spiro atoms. The maximum Gasteiger partial charge on any atom is 0.0346 e. The standard InChI is InChI=1S/C13H13N.C2H5N/c1-2-11-5-7-12(8-6-11)13-4-3-9-14-10-13;1-2-3/h3-10H,2H2,1H3;2H,1,3H2. The average Bonchev–Trinajstić information content (AvgIpc) is 2.41. The van der Waals surface area contributed by atoms with Crippen molar-refractivity contribution in [1.29, 1.82) is 0 Å². The first-order chi connectivity index (χ1) is 8.31. The third-order valence-electron chi connectivity index (χ3n) is 2.36. The largest absolute Gasteiger partial charge is 0.405 e. The zero-order valence-corrected chi connectivity index (χ0v) is 10.1. The highest BCUT2D eigenvalue weighted by Crippen LogP contribution is 2.18. The number of pyridine rings is 1. The molecule has 0 aliphatic heterocycles. The Balaban J connectivity index is 0.000000437. The summed E-state index contributed by atoms with van der Waals surface area (Å²) < 4.78 is 0. The summed E-state index contributed by atoms with van der Waals surface area (Å²) >= 11 is 0. The van der Waals surface area contributed by atoms with Gasteiger partial charge in [0.15, 0.2) is 0 Å². The van der Waals surface area contributed by atoms with Crippen molar-refractivity contribution in [2.75, 3.05) is 0 Å². The lowest BCUT2D eigenvalue weighted by Crippen LogP contribution is -1.81. The van der Waals surface area contributed by atoms with Crippen molar-refractivity contribution in [3.8, 4) is 11.1 Å². The Bertz CT molecular complexity index is 432. The molecule has 1 aromatic heterocycles. The molecule has 0 saturated carbocycles. The first-order valence-electron chi connectivity index (χ1n) is 5.63. The van der Waals surface area contributed by atoms with Gasteiger partial charge in [-0.3, -0.25) is 4.98 Å². The number of aryl methyl sites for hydroxylation is 1. The predicted molar refractivity (Wildman–Crippen MR) is 73.4 cm³/mol. The van der Waals surface area contributed by atoms with Gasteiger partial charge >= 0.3 is 0 Å². The molecule has 2 nitrogen and oxygen atoms in total. The van der Waals surface area contributed by atoms with E-state index in [0.29, 0.717) is 0 Å². The lowest BCUT2D eigenvalue weighted by molar-refractivity contribution is 1.14. The highest BCUT2D eigenvalue weighted by molar-refractivity contribution is 5.62. The summed E-state index contributed by atoms with van der Waals surface area (Å²) in [5.41, 5.74) is 8.39. The van der Waals surface area contributed by atoms with Crippen LogP contribution in [0.25, 0.3) is 11.1 Å². The molecule has 0 bridgehead atoms. The molecule has 0 saturated heterocycles. The fraction of sp³-hybridized carbons (Fsp3) is 0.133. The van der Waals surface area contributed by atoms with Gasteiger partial charge in [-0.2, -0.15) is 0 Å². The van der Waals surface area contributed by atoms with Gasteiger partial charge in [-0.25, -0.2) is 0 Å². The fourth-order valence-electron chi connectivity index (χ4n) is 1.47. The van der Waals surface area contributed by atoms with Crippen LogP contribution in [-0.4, -0.2) is 4.98 Å². The van der Waals surface area contributed by atoms with E-state index in [9.17, 15) is 0 Å². The number of rotatable bonds is 2. The van der Waals surface area contributed by atoms with Crippen LogP contribution >= 0.6 is 0 Å². The number of aromatic nitrogens is 1. The highest BCUT2D eigenvalue weighted by atomic mass is 14.6. The van der Waals surface area contributed by atoms with Crippen LogP contribution < -0.4 is 5.73 Å². The second kappa shape index (κ2) is 7.23. The zero-order chi connectivity index (χ0) is 12.5. The van der Waals surface area contributed by atoms with Crippen molar-refractivity contribution >= 4 is 0 Å². The van der Waals surface area contributed by atoms with Crippen LogP contribution in [0.15, 0.2) is 61.6 Å². The average molecular weight is 226 g/mol. The maximum absolute atomic E-state index is 4.61. The van der Waals surface area contributed by atoms with Crippen LogP contribution in [0.4, 0.5) is 0 Å². The molecule has 0 aliphatic rings. The molecule has 0 aliphatic carbocycles. The topological polar surface area (TPSA) is 38.9 Å². The van der Waals surface area contributed by atoms with Gasteiger partial charge in [0.25, 0.3) is 0 Å². The van der Waals surface area contributed by atoms with Crippen LogP contribution in [0.5, 0.6) is 0 Å². The van der Waals surface area contributed by atoms with Crippen molar-refractivity contribution in [2.45, 2.75) is 13.3 Å². The first-order valence-corrected chi connectivity index (χ1v) is 5.63. The molecule has 0 atom stereocenters. The van der Waals surface area contributed by atoms with Crippen LogP contribution in [0.1, 0.15) is 12.5 Å². The van der Waals surface area contributed by atoms with Gasteiger partial charge in [0.1, 0.15) is 0 Å². The Morgan fingerprint density at radius 1 is 1.18 bits per heavy atom. The first kappa shape index (κ1) is 13.0. The van der Waals surface area contributed by atoms with Crippen molar-refractivity contribution in [2.24, 2.45) is 5.73 Å². The summed E-state index contributed by atoms with van der Waals surface area (Å²) in [7, 11) is 0. The van der Waals surface area contributed by atoms with Crippen LogP contribution in [0, 0.1) is 0 Å². The molecule has 88 valence electrons. The Morgan fingerprint density at radius 3 is 2.29 bits per heavy atom. The second-order valence-corrected chi connectivity index (χ2v) is 3.53. The molecule has 17 heavy (non-hydrogen) atoms. The summed E-state index contributed by atoms with van der Waals surface area (Å²) in [5, 5.41) is 0. The Kier molecular flexibility index (Phi) is 5.52. The lowest BCUT2D eigenvalue weighted by Gasteiger charge is -2.01. The predicted octanol–water partition coefficient (Wildman–Crippen LogP) is 3.40. The Morgan fingerprint density at radius 2 is 1.82 bits per heavy atom. The highest BCUT2D eigenvalue weighted by Gasteiger charge is 1.95. The summed E-state index contributed by atoms with van der Waals surface area (Å²) in [6, 6.07) is 12.7. The van der Waals surface area contributed by atoms with Gasteiger partial charge in [-0.15, -0.1) is 0 Å². The molecule has 2 heteroatoms. The van der Waals surface area contributed by atoms with Crippen molar-refractivity contribution < 1.29 is 0 Å². The van der Waals surface area contributed by atoms with Crippen molar-refractivity contribution in [3.63, 3.8) is 0 Å². The van der Waals surface area contributed by atoms with E-state index in [2.05, 4.69) is 54.6 Å². The van der Waals surface area contributed by atoms with Gasteiger partial charge in [0, 0.05) is 12.4 Å². The molecule has 2 rings (SSSR count). The van der Waals surface area contributed by atoms with E-state index in [-0.39, 0.29) is 0 Å². The van der Waals surface area contributed by atoms with E-state index in [0.717, 1.165) is 6.42 Å². The zero-order valence-electron chi connectivity index (χ0n) is 10.1. The summed E-state index contributed by atoms with van der Waals surface area (Å²) in [6.07, 6.45) is 6.03. The molecule has 1 heterocycles. The van der Waals surface area contributed by atoms with Gasteiger partial charge in [0.05, 0.1) is 0 Å². The van der Waals surface area contributed by atoms with Crippen molar-refractivity contribution in [3.05, 3.63) is 67.1 Å². The minimum atomic E-state index is 1.09. The number of hydrogen-bond acceptors (Lipinski definition) is 2. The third-order valence-corrected chi connectivity index (χ3v) is 2.36. The smallest absolute Gasteiger partial charge is 0.0346 e. The molecular weight excluding hydrogens is 208 g/mol.